The molecular weight excluding hydrogens is 274 g/mol. The van der Waals surface area contributed by atoms with Crippen molar-refractivity contribution in [3.05, 3.63) is 34.8 Å². The first-order valence-corrected chi connectivity index (χ1v) is 7.50. The maximum absolute atomic E-state index is 12.8. The summed E-state index contributed by atoms with van der Waals surface area (Å²) in [4.78, 5) is 17.8. The molecule has 2 aromatic heterocycles. The van der Waals surface area contributed by atoms with Crippen molar-refractivity contribution in [2.75, 3.05) is 13.1 Å². The maximum Gasteiger partial charge on any atom is 0.276 e. The highest BCUT2D eigenvalue weighted by atomic mass is 32.1. The van der Waals surface area contributed by atoms with Gasteiger partial charge in [0.05, 0.1) is 0 Å². The molecule has 0 unspecified atom stereocenters. The van der Waals surface area contributed by atoms with E-state index in [1.165, 1.54) is 11.3 Å². The van der Waals surface area contributed by atoms with Crippen LogP contribution in [0.25, 0.3) is 0 Å². The summed E-state index contributed by atoms with van der Waals surface area (Å²) in [5, 5.41) is 9.50. The zero-order valence-corrected chi connectivity index (χ0v) is 12.1. The van der Waals surface area contributed by atoms with Gasteiger partial charge in [-0.25, -0.2) is 0 Å². The van der Waals surface area contributed by atoms with E-state index in [-0.39, 0.29) is 5.91 Å². The van der Waals surface area contributed by atoms with Crippen LogP contribution >= 0.6 is 11.3 Å². The molecule has 0 aliphatic carbocycles. The molecule has 1 saturated heterocycles. The number of aromatic nitrogens is 3. The average Bonchev–Trinajstić information content (AvgIpc) is 3.12. The molecule has 1 fully saturated rings. The van der Waals surface area contributed by atoms with Gasteiger partial charge in [0, 0.05) is 31.0 Å². The molecule has 0 saturated carbocycles. The molecule has 7 heteroatoms. The van der Waals surface area contributed by atoms with E-state index >= 15 is 0 Å². The van der Waals surface area contributed by atoms with Crippen LogP contribution in [0.1, 0.15) is 12.8 Å². The van der Waals surface area contributed by atoms with E-state index in [9.17, 15) is 4.79 Å². The van der Waals surface area contributed by atoms with Crippen molar-refractivity contribution < 1.29 is 4.79 Å². The number of nitrogens with zero attached hydrogens (tertiary/aromatic N) is 4. The molecule has 1 aliphatic heterocycles. The molecule has 20 heavy (non-hydrogen) atoms. The Morgan fingerprint density at radius 3 is 2.85 bits per heavy atom. The van der Waals surface area contributed by atoms with E-state index in [0.29, 0.717) is 12.8 Å². The molecular formula is C13H17N5OS. The highest BCUT2D eigenvalue weighted by molar-refractivity contribution is 7.07. The summed E-state index contributed by atoms with van der Waals surface area (Å²) in [6.45, 7) is 1.61. The van der Waals surface area contributed by atoms with Crippen molar-refractivity contribution in [3.8, 4) is 0 Å². The van der Waals surface area contributed by atoms with Gasteiger partial charge in [-0.2, -0.15) is 10.1 Å². The van der Waals surface area contributed by atoms with Crippen molar-refractivity contribution in [2.45, 2.75) is 18.4 Å². The lowest BCUT2D eigenvalue weighted by atomic mass is 9.87. The van der Waals surface area contributed by atoms with Gasteiger partial charge in [0.2, 0.25) is 0 Å². The standard InChI is InChI=1S/C13H17N5OS/c1-17-9-10-20-12(17)16-11(19)13(3-6-14-7-4-13)18-8-2-5-15-18/h2,5,8-10,14H,3-4,6-7H2,1H3. The first-order valence-electron chi connectivity index (χ1n) is 6.62. The second-order valence-corrected chi connectivity index (χ2v) is 5.82. The summed E-state index contributed by atoms with van der Waals surface area (Å²) < 4.78 is 3.63. The molecule has 3 heterocycles. The molecule has 1 amide bonds. The zero-order valence-electron chi connectivity index (χ0n) is 11.3. The Bertz CT molecular complexity index is 648. The quantitative estimate of drug-likeness (QED) is 0.876. The van der Waals surface area contributed by atoms with E-state index in [4.69, 9.17) is 0 Å². The average molecular weight is 291 g/mol. The third-order valence-corrected chi connectivity index (χ3v) is 4.58. The number of amides is 1. The summed E-state index contributed by atoms with van der Waals surface area (Å²) in [5.41, 5.74) is -0.647. The Morgan fingerprint density at radius 2 is 2.25 bits per heavy atom. The van der Waals surface area contributed by atoms with Crippen LogP contribution in [-0.4, -0.2) is 33.3 Å². The number of carbonyl (C=O) groups is 1. The molecule has 0 radical (unpaired) electrons. The summed E-state index contributed by atoms with van der Waals surface area (Å²) in [6, 6.07) is 1.85. The lowest BCUT2D eigenvalue weighted by Crippen LogP contribution is -2.50. The van der Waals surface area contributed by atoms with Crippen LogP contribution in [0.2, 0.25) is 0 Å². The van der Waals surface area contributed by atoms with Crippen molar-refractivity contribution in [1.29, 1.82) is 0 Å². The van der Waals surface area contributed by atoms with E-state index in [2.05, 4.69) is 15.4 Å². The van der Waals surface area contributed by atoms with E-state index in [1.807, 2.05) is 35.5 Å². The van der Waals surface area contributed by atoms with Crippen LogP contribution in [0.3, 0.4) is 0 Å². The van der Waals surface area contributed by atoms with Crippen LogP contribution < -0.4 is 10.1 Å². The minimum Gasteiger partial charge on any atom is -0.327 e. The number of nitrogens with one attached hydrogen (secondary N) is 1. The molecule has 6 nitrogen and oxygen atoms in total. The minimum absolute atomic E-state index is 0.110. The second kappa shape index (κ2) is 5.34. The third kappa shape index (κ3) is 2.23. The largest absolute Gasteiger partial charge is 0.327 e. The van der Waals surface area contributed by atoms with Gasteiger partial charge in [-0.15, -0.1) is 11.3 Å². The van der Waals surface area contributed by atoms with Crippen molar-refractivity contribution >= 4 is 17.2 Å². The molecule has 3 rings (SSSR count). The van der Waals surface area contributed by atoms with E-state index in [1.54, 1.807) is 10.9 Å². The van der Waals surface area contributed by atoms with Crippen molar-refractivity contribution in [2.24, 2.45) is 12.0 Å². The predicted molar refractivity (Wildman–Crippen MR) is 76.2 cm³/mol. The van der Waals surface area contributed by atoms with Gasteiger partial charge in [0.15, 0.2) is 4.80 Å². The van der Waals surface area contributed by atoms with Gasteiger partial charge < -0.3 is 9.88 Å². The van der Waals surface area contributed by atoms with E-state index < -0.39 is 5.54 Å². The molecule has 0 aromatic carbocycles. The van der Waals surface area contributed by atoms with Crippen molar-refractivity contribution in [1.82, 2.24) is 19.7 Å². The summed E-state index contributed by atoms with van der Waals surface area (Å²) in [7, 11) is 1.89. The topological polar surface area (TPSA) is 64.2 Å². The number of thiazole rings is 1. The molecule has 1 N–H and O–H groups in total. The third-order valence-electron chi connectivity index (χ3n) is 3.73. The normalized spacial score (nSPS) is 19.1. The number of hydrogen-bond acceptors (Lipinski definition) is 4. The number of piperidine rings is 1. The van der Waals surface area contributed by atoms with Gasteiger partial charge in [-0.05, 0) is 32.0 Å². The molecule has 0 spiro atoms. The highest BCUT2D eigenvalue weighted by Gasteiger charge is 2.42. The van der Waals surface area contributed by atoms with E-state index in [0.717, 1.165) is 17.9 Å². The van der Waals surface area contributed by atoms with Gasteiger partial charge in [0.1, 0.15) is 5.54 Å². The van der Waals surface area contributed by atoms with Crippen LogP contribution in [-0.2, 0) is 17.4 Å². The smallest absolute Gasteiger partial charge is 0.276 e. The Morgan fingerprint density at radius 1 is 1.45 bits per heavy atom. The predicted octanol–water partition coefficient (Wildman–Crippen LogP) is 0.489. The van der Waals surface area contributed by atoms with Crippen molar-refractivity contribution in [3.63, 3.8) is 0 Å². The Labute approximate surface area is 120 Å². The van der Waals surface area contributed by atoms with Gasteiger partial charge in [-0.1, -0.05) is 0 Å². The molecule has 106 valence electrons. The van der Waals surface area contributed by atoms with Gasteiger partial charge >= 0.3 is 0 Å². The zero-order chi connectivity index (χ0) is 14.0. The molecule has 2 aromatic rings. The SMILES string of the molecule is Cn1ccsc1=NC(=O)C1(n2cccn2)CCNCC1. The van der Waals surface area contributed by atoms with Gasteiger partial charge in [-0.3, -0.25) is 9.48 Å². The number of rotatable bonds is 2. The summed E-state index contributed by atoms with van der Waals surface area (Å²) in [6.07, 6.45) is 6.90. The minimum atomic E-state index is -0.647. The maximum atomic E-state index is 12.8. The summed E-state index contributed by atoms with van der Waals surface area (Å²) >= 11 is 1.47. The van der Waals surface area contributed by atoms with Crippen LogP contribution in [0, 0.1) is 0 Å². The fourth-order valence-corrected chi connectivity index (χ4v) is 3.26. The van der Waals surface area contributed by atoms with Crippen LogP contribution in [0.4, 0.5) is 0 Å². The fraction of sp³-hybridized carbons (Fsp3) is 0.462. The second-order valence-electron chi connectivity index (χ2n) is 4.95. The van der Waals surface area contributed by atoms with Gasteiger partial charge in [0.25, 0.3) is 5.91 Å². The Hall–Kier alpha value is -1.73. The first kappa shape index (κ1) is 13.3. The number of hydrogen-bond donors (Lipinski definition) is 1. The fourth-order valence-electron chi connectivity index (χ4n) is 2.53. The summed E-state index contributed by atoms with van der Waals surface area (Å²) in [5.74, 6) is -0.110. The molecule has 0 atom stereocenters. The van der Waals surface area contributed by atoms with Crippen LogP contribution in [0.5, 0.6) is 0 Å². The molecule has 1 aliphatic rings. The number of carbonyl (C=O) groups excluding carboxylic acids is 1. The number of aryl methyl sites for hydroxylation is 1. The Balaban J connectivity index is 2.02. The van der Waals surface area contributed by atoms with Crippen LogP contribution in [0.15, 0.2) is 35.0 Å². The Kier molecular flexibility index (Phi) is 3.54. The lowest BCUT2D eigenvalue weighted by Gasteiger charge is -2.34. The monoisotopic (exact) mass is 291 g/mol. The molecule has 0 bridgehead atoms. The highest BCUT2D eigenvalue weighted by Crippen LogP contribution is 2.28. The lowest BCUT2D eigenvalue weighted by molar-refractivity contribution is -0.128. The first-order chi connectivity index (χ1) is 9.72.